The van der Waals surface area contributed by atoms with Crippen LogP contribution < -0.4 is 5.73 Å². The molecule has 0 radical (unpaired) electrons. The topological polar surface area (TPSA) is 98.4 Å². The van der Waals surface area contributed by atoms with E-state index in [-0.39, 0.29) is 11.8 Å². The van der Waals surface area contributed by atoms with Crippen molar-refractivity contribution in [3.8, 4) is 0 Å². The van der Waals surface area contributed by atoms with Crippen LogP contribution in [0.25, 0.3) is 10.3 Å². The Bertz CT molecular complexity index is 745. The van der Waals surface area contributed by atoms with Gasteiger partial charge in [0.05, 0.1) is 17.9 Å². The van der Waals surface area contributed by atoms with Crippen molar-refractivity contribution in [2.45, 2.75) is 18.8 Å². The zero-order chi connectivity index (χ0) is 16.4. The number of fused-ring (bicyclic) bond motifs is 1. The van der Waals surface area contributed by atoms with Crippen LogP contribution in [0.3, 0.4) is 0 Å². The second kappa shape index (κ2) is 6.59. The van der Waals surface area contributed by atoms with Crippen molar-refractivity contribution in [1.29, 1.82) is 0 Å². The summed E-state index contributed by atoms with van der Waals surface area (Å²) in [6.45, 7) is 1.66. The van der Waals surface area contributed by atoms with Crippen molar-refractivity contribution in [2.75, 3.05) is 26.8 Å². The molecule has 7 nitrogen and oxygen atoms in total. The quantitative estimate of drug-likeness (QED) is 0.884. The number of ether oxygens (including phenoxy) is 1. The number of likely N-dealkylation sites (tertiary alicyclic amines) is 1. The Labute approximate surface area is 137 Å². The van der Waals surface area contributed by atoms with Gasteiger partial charge in [0, 0.05) is 44.1 Å². The third-order valence-corrected chi connectivity index (χ3v) is 5.17. The van der Waals surface area contributed by atoms with E-state index in [4.69, 9.17) is 10.5 Å². The molecule has 8 heteroatoms. The first-order chi connectivity index (χ1) is 11.1. The van der Waals surface area contributed by atoms with E-state index in [1.807, 2.05) is 4.90 Å². The Hall–Kier alpha value is -2.06. The maximum Gasteiger partial charge on any atom is 0.259 e. The van der Waals surface area contributed by atoms with Gasteiger partial charge in [0.2, 0.25) is 5.91 Å². The predicted octanol–water partition coefficient (Wildman–Crippen LogP) is 1.14. The van der Waals surface area contributed by atoms with Crippen molar-refractivity contribution >= 4 is 33.5 Å². The van der Waals surface area contributed by atoms with Crippen LogP contribution in [0.1, 0.15) is 34.0 Å². The van der Waals surface area contributed by atoms with Gasteiger partial charge in [-0.05, 0) is 6.42 Å². The minimum absolute atomic E-state index is 0.0643. The molecule has 1 aliphatic heterocycles. The molecule has 0 spiro atoms. The fourth-order valence-electron chi connectivity index (χ4n) is 2.98. The Morgan fingerprint density at radius 1 is 1.43 bits per heavy atom. The summed E-state index contributed by atoms with van der Waals surface area (Å²) in [4.78, 5) is 35.6. The largest absolute Gasteiger partial charge is 0.384 e. The summed E-state index contributed by atoms with van der Waals surface area (Å²) in [6.07, 6.45) is 4.37. The molecule has 0 saturated carbocycles. The first-order valence-corrected chi connectivity index (χ1v) is 8.23. The lowest BCUT2D eigenvalue weighted by Gasteiger charge is -2.16. The van der Waals surface area contributed by atoms with Gasteiger partial charge in [-0.3, -0.25) is 14.6 Å². The zero-order valence-electron chi connectivity index (χ0n) is 12.8. The van der Waals surface area contributed by atoms with Crippen LogP contribution in [-0.2, 0) is 9.53 Å². The summed E-state index contributed by atoms with van der Waals surface area (Å²) in [7, 11) is 1.58. The molecule has 0 unspecified atom stereocenters. The molecule has 1 aliphatic rings. The summed E-state index contributed by atoms with van der Waals surface area (Å²) in [5.74, 6) is -0.330. The van der Waals surface area contributed by atoms with Gasteiger partial charge in [-0.1, -0.05) is 0 Å². The normalized spacial score (nSPS) is 17.8. The highest BCUT2D eigenvalue weighted by Crippen LogP contribution is 2.38. The predicted molar refractivity (Wildman–Crippen MR) is 86.4 cm³/mol. The smallest absolute Gasteiger partial charge is 0.259 e. The van der Waals surface area contributed by atoms with E-state index >= 15 is 0 Å². The summed E-state index contributed by atoms with van der Waals surface area (Å²) in [5.41, 5.74) is 7.09. The van der Waals surface area contributed by atoms with E-state index in [1.54, 1.807) is 19.5 Å². The molecule has 0 aromatic carbocycles. The van der Waals surface area contributed by atoms with Crippen molar-refractivity contribution in [3.05, 3.63) is 22.8 Å². The van der Waals surface area contributed by atoms with Gasteiger partial charge >= 0.3 is 0 Å². The molecular formula is C15H18N4O3S. The lowest BCUT2D eigenvalue weighted by Crippen LogP contribution is -2.29. The van der Waals surface area contributed by atoms with Gasteiger partial charge in [0.15, 0.2) is 0 Å². The standard InChI is InChI=1S/C15H18N4O3S/c1-22-7-3-10(20)19-6-2-9(8-19)11-12-15(18-5-4-17-12)23-13(11)14(16)21/h4-5,9H,2-3,6-8H2,1H3,(H2,16,21)/t9-/m0/s1. The third kappa shape index (κ3) is 3.04. The molecule has 2 N–H and O–H groups in total. The first kappa shape index (κ1) is 15.8. The highest BCUT2D eigenvalue weighted by molar-refractivity contribution is 7.20. The highest BCUT2D eigenvalue weighted by Gasteiger charge is 2.32. The van der Waals surface area contributed by atoms with Crippen molar-refractivity contribution in [1.82, 2.24) is 14.9 Å². The van der Waals surface area contributed by atoms with E-state index in [0.29, 0.717) is 35.8 Å². The highest BCUT2D eigenvalue weighted by atomic mass is 32.1. The third-order valence-electron chi connectivity index (χ3n) is 4.06. The molecule has 1 saturated heterocycles. The molecular weight excluding hydrogens is 316 g/mol. The lowest BCUT2D eigenvalue weighted by atomic mass is 9.97. The van der Waals surface area contributed by atoms with Crippen molar-refractivity contribution < 1.29 is 14.3 Å². The van der Waals surface area contributed by atoms with E-state index in [2.05, 4.69) is 9.97 Å². The van der Waals surface area contributed by atoms with Crippen LogP contribution >= 0.6 is 11.3 Å². The summed E-state index contributed by atoms with van der Waals surface area (Å²) < 4.78 is 4.95. The van der Waals surface area contributed by atoms with Crippen LogP contribution in [-0.4, -0.2) is 53.5 Å². The number of nitrogens with two attached hydrogens (primary N) is 1. The van der Waals surface area contributed by atoms with E-state index in [9.17, 15) is 9.59 Å². The molecule has 3 rings (SSSR count). The number of rotatable bonds is 5. The summed E-state index contributed by atoms with van der Waals surface area (Å²) in [6, 6.07) is 0. The molecule has 1 atom stereocenters. The average molecular weight is 334 g/mol. The van der Waals surface area contributed by atoms with Crippen molar-refractivity contribution in [2.24, 2.45) is 5.73 Å². The molecule has 0 aliphatic carbocycles. The zero-order valence-corrected chi connectivity index (χ0v) is 13.6. The molecule has 3 heterocycles. The van der Waals surface area contributed by atoms with Crippen LogP contribution in [0.4, 0.5) is 0 Å². The van der Waals surface area contributed by atoms with Gasteiger partial charge in [-0.15, -0.1) is 11.3 Å². The summed E-state index contributed by atoms with van der Waals surface area (Å²) >= 11 is 1.27. The monoisotopic (exact) mass is 334 g/mol. The van der Waals surface area contributed by atoms with Crippen LogP contribution in [0.2, 0.25) is 0 Å². The second-order valence-electron chi connectivity index (χ2n) is 5.49. The maximum atomic E-state index is 12.1. The van der Waals surface area contributed by atoms with Crippen molar-refractivity contribution in [3.63, 3.8) is 0 Å². The molecule has 2 amide bonds. The fraction of sp³-hybridized carbons (Fsp3) is 0.467. The summed E-state index contributed by atoms with van der Waals surface area (Å²) in [5, 5.41) is 0. The van der Waals surface area contributed by atoms with Crippen LogP contribution in [0, 0.1) is 0 Å². The minimum atomic E-state index is -0.464. The van der Waals surface area contributed by atoms with E-state index in [0.717, 1.165) is 17.5 Å². The number of nitrogens with zero attached hydrogens (tertiary/aromatic N) is 3. The number of thiophene rings is 1. The molecule has 2 aromatic rings. The Morgan fingerprint density at radius 2 is 2.22 bits per heavy atom. The van der Waals surface area contributed by atoms with Crippen LogP contribution in [0.15, 0.2) is 12.4 Å². The number of amides is 2. The molecule has 23 heavy (non-hydrogen) atoms. The molecule has 0 bridgehead atoms. The Morgan fingerprint density at radius 3 is 2.96 bits per heavy atom. The SMILES string of the molecule is COCCC(=O)N1CC[C@H](c2c(C(N)=O)sc3nccnc23)C1. The van der Waals surface area contributed by atoms with Gasteiger partial charge in [-0.25, -0.2) is 4.98 Å². The van der Waals surface area contributed by atoms with Gasteiger partial charge < -0.3 is 15.4 Å². The number of carbonyl (C=O) groups excluding carboxylic acids is 2. The van der Waals surface area contributed by atoms with Gasteiger partial charge in [0.25, 0.3) is 5.91 Å². The molecule has 122 valence electrons. The Balaban J connectivity index is 1.88. The maximum absolute atomic E-state index is 12.1. The number of aromatic nitrogens is 2. The molecule has 1 fully saturated rings. The van der Waals surface area contributed by atoms with Gasteiger partial charge in [0.1, 0.15) is 10.3 Å². The average Bonchev–Trinajstić information content (AvgIpc) is 3.16. The van der Waals surface area contributed by atoms with Gasteiger partial charge in [-0.2, -0.15) is 0 Å². The lowest BCUT2D eigenvalue weighted by molar-refractivity contribution is -0.131. The van der Waals surface area contributed by atoms with Crippen LogP contribution in [0.5, 0.6) is 0 Å². The number of carbonyl (C=O) groups is 2. The number of methoxy groups -OCH3 is 1. The second-order valence-corrected chi connectivity index (χ2v) is 6.49. The molecule has 2 aromatic heterocycles. The van der Waals surface area contributed by atoms with E-state index in [1.165, 1.54) is 11.3 Å². The number of primary amides is 1. The number of hydrogen-bond donors (Lipinski definition) is 1. The fourth-order valence-corrected chi connectivity index (χ4v) is 4.02. The first-order valence-electron chi connectivity index (χ1n) is 7.41. The number of hydrogen-bond acceptors (Lipinski definition) is 6. The van der Waals surface area contributed by atoms with E-state index < -0.39 is 5.91 Å². The minimum Gasteiger partial charge on any atom is -0.384 e. The Kier molecular flexibility index (Phi) is 4.53.